The van der Waals surface area contributed by atoms with E-state index in [2.05, 4.69) is 26.0 Å². The average Bonchev–Trinajstić information content (AvgIpc) is 2.61. The standard InChI is InChI=1S/C18H14BrN3O4/c1-11-21-16-7-4-13(19)8-15(16)18(25)22(11)20-9-12-2-5-14(6-3-12)26-10-17(23)24/h2-9H,10H2,1H3,(H,23,24). The van der Waals surface area contributed by atoms with Gasteiger partial charge in [-0.2, -0.15) is 9.78 Å². The molecule has 8 heteroatoms. The number of ether oxygens (including phenoxy) is 1. The van der Waals surface area contributed by atoms with Crippen molar-refractivity contribution >= 4 is 39.0 Å². The first-order valence-corrected chi connectivity index (χ1v) is 8.41. The van der Waals surface area contributed by atoms with Gasteiger partial charge in [0, 0.05) is 4.47 Å². The third-order valence-corrected chi connectivity index (χ3v) is 4.03. The first-order chi connectivity index (χ1) is 12.4. The minimum atomic E-state index is -1.04. The Labute approximate surface area is 156 Å². The number of nitrogens with zero attached hydrogens (tertiary/aromatic N) is 3. The van der Waals surface area contributed by atoms with Crippen molar-refractivity contribution < 1.29 is 14.6 Å². The summed E-state index contributed by atoms with van der Waals surface area (Å²) in [5.74, 6) is -0.126. The second kappa shape index (κ2) is 7.49. The molecule has 0 unspecified atom stereocenters. The fraction of sp³-hybridized carbons (Fsp3) is 0.111. The zero-order valence-corrected chi connectivity index (χ0v) is 15.3. The molecule has 0 amide bonds. The Morgan fingerprint density at radius 3 is 2.73 bits per heavy atom. The summed E-state index contributed by atoms with van der Waals surface area (Å²) in [6.45, 7) is 1.31. The number of aromatic nitrogens is 2. The van der Waals surface area contributed by atoms with Crippen LogP contribution in [0.2, 0.25) is 0 Å². The summed E-state index contributed by atoms with van der Waals surface area (Å²) in [6.07, 6.45) is 1.53. The van der Waals surface area contributed by atoms with Crippen LogP contribution in [0.1, 0.15) is 11.4 Å². The molecule has 0 aliphatic heterocycles. The van der Waals surface area contributed by atoms with Crippen LogP contribution in [0.3, 0.4) is 0 Å². The lowest BCUT2D eigenvalue weighted by Gasteiger charge is -2.06. The molecule has 7 nitrogen and oxygen atoms in total. The summed E-state index contributed by atoms with van der Waals surface area (Å²) in [7, 11) is 0. The predicted molar refractivity (Wildman–Crippen MR) is 101 cm³/mol. The van der Waals surface area contributed by atoms with E-state index in [1.54, 1.807) is 43.3 Å². The Morgan fingerprint density at radius 2 is 2.04 bits per heavy atom. The number of carbonyl (C=O) groups is 1. The molecule has 3 rings (SSSR count). The molecule has 3 aromatic rings. The van der Waals surface area contributed by atoms with E-state index in [-0.39, 0.29) is 5.56 Å². The van der Waals surface area contributed by atoms with Gasteiger partial charge in [-0.3, -0.25) is 4.79 Å². The molecule has 2 aromatic carbocycles. The number of benzene rings is 2. The molecule has 1 heterocycles. The van der Waals surface area contributed by atoms with Crippen molar-refractivity contribution in [2.24, 2.45) is 5.10 Å². The lowest BCUT2D eigenvalue weighted by Crippen LogP contribution is -2.20. The molecule has 1 N–H and O–H groups in total. The fourth-order valence-electron chi connectivity index (χ4n) is 2.32. The summed E-state index contributed by atoms with van der Waals surface area (Å²) in [5.41, 5.74) is 1.09. The normalized spacial score (nSPS) is 11.2. The number of halogens is 1. The maximum atomic E-state index is 12.6. The van der Waals surface area contributed by atoms with Crippen LogP contribution < -0.4 is 10.3 Å². The molecule has 1 aromatic heterocycles. The van der Waals surface area contributed by atoms with E-state index in [1.807, 2.05) is 6.07 Å². The van der Waals surface area contributed by atoms with Crippen molar-refractivity contribution in [2.75, 3.05) is 6.61 Å². The Hall–Kier alpha value is -3.00. The maximum Gasteiger partial charge on any atom is 0.341 e. The average molecular weight is 416 g/mol. The topological polar surface area (TPSA) is 93.8 Å². The third kappa shape index (κ3) is 3.97. The highest BCUT2D eigenvalue weighted by molar-refractivity contribution is 9.10. The summed E-state index contributed by atoms with van der Waals surface area (Å²) in [6, 6.07) is 12.0. The van der Waals surface area contributed by atoms with Crippen molar-refractivity contribution in [1.29, 1.82) is 0 Å². The highest BCUT2D eigenvalue weighted by Gasteiger charge is 2.07. The van der Waals surface area contributed by atoms with Crippen LogP contribution in [0.25, 0.3) is 10.9 Å². The lowest BCUT2D eigenvalue weighted by molar-refractivity contribution is -0.139. The molecule has 0 radical (unpaired) electrons. The van der Waals surface area contributed by atoms with Gasteiger partial charge in [0.25, 0.3) is 5.56 Å². The predicted octanol–water partition coefficient (Wildman–Crippen LogP) is 2.81. The van der Waals surface area contributed by atoms with Crippen LogP contribution in [0.15, 0.2) is 56.8 Å². The SMILES string of the molecule is Cc1nc2ccc(Br)cc2c(=O)n1N=Cc1ccc(OCC(=O)O)cc1. The van der Waals surface area contributed by atoms with Gasteiger partial charge in [0.15, 0.2) is 6.61 Å². The number of fused-ring (bicyclic) bond motifs is 1. The van der Waals surface area contributed by atoms with E-state index >= 15 is 0 Å². The molecule has 0 fully saturated rings. The molecule has 0 saturated heterocycles. The van der Waals surface area contributed by atoms with Crippen LogP contribution in [0.4, 0.5) is 0 Å². The molecule has 0 aliphatic rings. The number of carboxylic acids is 1. The Balaban J connectivity index is 1.88. The molecule has 132 valence electrons. The second-order valence-corrected chi connectivity index (χ2v) is 6.35. The largest absolute Gasteiger partial charge is 0.482 e. The minimum Gasteiger partial charge on any atom is -0.482 e. The number of hydrogen-bond donors (Lipinski definition) is 1. The number of aryl methyl sites for hydroxylation is 1. The van der Waals surface area contributed by atoms with E-state index in [0.717, 1.165) is 10.0 Å². The zero-order chi connectivity index (χ0) is 18.7. The van der Waals surface area contributed by atoms with Gasteiger partial charge in [-0.1, -0.05) is 15.9 Å². The van der Waals surface area contributed by atoms with E-state index in [4.69, 9.17) is 9.84 Å². The van der Waals surface area contributed by atoms with Crippen LogP contribution in [0.5, 0.6) is 5.75 Å². The van der Waals surface area contributed by atoms with E-state index in [9.17, 15) is 9.59 Å². The number of carboxylic acid groups (broad SMARTS) is 1. The number of hydrogen-bond acceptors (Lipinski definition) is 5. The minimum absolute atomic E-state index is 0.258. The monoisotopic (exact) mass is 415 g/mol. The Bertz CT molecular complexity index is 1060. The van der Waals surface area contributed by atoms with Gasteiger partial charge < -0.3 is 9.84 Å². The van der Waals surface area contributed by atoms with Crippen LogP contribution in [0, 0.1) is 6.92 Å². The highest BCUT2D eigenvalue weighted by atomic mass is 79.9. The molecule has 0 atom stereocenters. The molecular weight excluding hydrogens is 402 g/mol. The zero-order valence-electron chi connectivity index (χ0n) is 13.7. The van der Waals surface area contributed by atoms with Crippen molar-refractivity contribution in [3.63, 3.8) is 0 Å². The van der Waals surface area contributed by atoms with E-state index in [0.29, 0.717) is 22.5 Å². The first kappa shape index (κ1) is 17.8. The molecular formula is C18H14BrN3O4. The molecule has 0 bridgehead atoms. The van der Waals surface area contributed by atoms with Crippen molar-refractivity contribution in [1.82, 2.24) is 9.66 Å². The molecule has 0 aliphatic carbocycles. The van der Waals surface area contributed by atoms with Gasteiger partial charge >= 0.3 is 5.97 Å². The van der Waals surface area contributed by atoms with Gasteiger partial charge in [-0.15, -0.1) is 0 Å². The van der Waals surface area contributed by atoms with E-state index < -0.39 is 12.6 Å². The van der Waals surface area contributed by atoms with Crippen LogP contribution >= 0.6 is 15.9 Å². The number of rotatable bonds is 5. The second-order valence-electron chi connectivity index (χ2n) is 5.43. The molecule has 26 heavy (non-hydrogen) atoms. The van der Waals surface area contributed by atoms with Crippen molar-refractivity contribution in [2.45, 2.75) is 6.92 Å². The van der Waals surface area contributed by atoms with Gasteiger partial charge in [-0.25, -0.2) is 9.78 Å². The summed E-state index contributed by atoms with van der Waals surface area (Å²) in [4.78, 5) is 27.5. The molecule has 0 spiro atoms. The lowest BCUT2D eigenvalue weighted by atomic mass is 10.2. The summed E-state index contributed by atoms with van der Waals surface area (Å²) >= 11 is 3.35. The fourth-order valence-corrected chi connectivity index (χ4v) is 2.68. The van der Waals surface area contributed by atoms with Crippen molar-refractivity contribution in [3.05, 3.63) is 68.7 Å². The van der Waals surface area contributed by atoms with Crippen LogP contribution in [-0.4, -0.2) is 33.6 Å². The van der Waals surface area contributed by atoms with Crippen LogP contribution in [-0.2, 0) is 4.79 Å². The first-order valence-electron chi connectivity index (χ1n) is 7.62. The Morgan fingerprint density at radius 1 is 1.31 bits per heavy atom. The summed E-state index contributed by atoms with van der Waals surface area (Å²) < 4.78 is 7.10. The third-order valence-electron chi connectivity index (χ3n) is 3.53. The molecule has 0 saturated carbocycles. The quantitative estimate of drug-likeness (QED) is 0.646. The highest BCUT2D eigenvalue weighted by Crippen LogP contribution is 2.16. The smallest absolute Gasteiger partial charge is 0.341 e. The Kier molecular flexibility index (Phi) is 5.13. The van der Waals surface area contributed by atoms with Gasteiger partial charge in [0.05, 0.1) is 17.1 Å². The van der Waals surface area contributed by atoms with Gasteiger partial charge in [0.2, 0.25) is 0 Å². The summed E-state index contributed by atoms with van der Waals surface area (Å²) in [5, 5.41) is 13.3. The van der Waals surface area contributed by atoms with E-state index in [1.165, 1.54) is 10.9 Å². The maximum absolute atomic E-state index is 12.6. The van der Waals surface area contributed by atoms with Gasteiger partial charge in [-0.05, 0) is 55.0 Å². The number of aliphatic carboxylic acids is 1. The van der Waals surface area contributed by atoms with Crippen molar-refractivity contribution in [3.8, 4) is 5.75 Å². The van der Waals surface area contributed by atoms with Gasteiger partial charge in [0.1, 0.15) is 11.6 Å².